The SMILES string of the molecule is CCC(O)(CC)COc1cc(F)cc(CNCC(C)C)c1. The van der Waals surface area contributed by atoms with Gasteiger partial charge in [-0.05, 0) is 43.0 Å². The van der Waals surface area contributed by atoms with Crippen molar-refractivity contribution in [3.8, 4) is 5.75 Å². The molecule has 0 aliphatic rings. The average Bonchev–Trinajstić information content (AvgIpc) is 2.44. The van der Waals surface area contributed by atoms with Crippen molar-refractivity contribution in [3.63, 3.8) is 0 Å². The molecule has 0 heterocycles. The molecule has 0 atom stereocenters. The predicted molar refractivity (Wildman–Crippen MR) is 84.0 cm³/mol. The van der Waals surface area contributed by atoms with E-state index in [0.717, 1.165) is 12.1 Å². The second-order valence-electron chi connectivity index (χ2n) is 6.04. The molecule has 0 spiro atoms. The molecule has 0 aliphatic heterocycles. The summed E-state index contributed by atoms with van der Waals surface area (Å²) >= 11 is 0. The minimum atomic E-state index is -0.845. The minimum Gasteiger partial charge on any atom is -0.490 e. The molecular formula is C17H28FNO2. The van der Waals surface area contributed by atoms with E-state index in [1.807, 2.05) is 19.9 Å². The molecule has 0 amide bonds. The number of rotatable bonds is 9. The average molecular weight is 297 g/mol. The number of aliphatic hydroxyl groups is 1. The van der Waals surface area contributed by atoms with Gasteiger partial charge in [0, 0.05) is 12.6 Å². The van der Waals surface area contributed by atoms with Crippen LogP contribution in [0.5, 0.6) is 5.75 Å². The number of nitrogens with one attached hydrogen (secondary N) is 1. The van der Waals surface area contributed by atoms with Crippen molar-refractivity contribution in [2.75, 3.05) is 13.2 Å². The molecular weight excluding hydrogens is 269 g/mol. The molecule has 0 unspecified atom stereocenters. The third-order valence-corrected chi connectivity index (χ3v) is 3.64. The molecule has 1 rings (SSSR count). The lowest BCUT2D eigenvalue weighted by atomic mass is 9.99. The molecule has 0 aromatic heterocycles. The molecule has 0 saturated carbocycles. The Morgan fingerprint density at radius 3 is 2.48 bits per heavy atom. The molecule has 4 heteroatoms. The van der Waals surface area contributed by atoms with Crippen LogP contribution >= 0.6 is 0 Å². The Kier molecular flexibility index (Phi) is 7.12. The molecule has 120 valence electrons. The van der Waals surface area contributed by atoms with Crippen LogP contribution in [0, 0.1) is 11.7 Å². The van der Waals surface area contributed by atoms with Crippen LogP contribution in [0.15, 0.2) is 18.2 Å². The van der Waals surface area contributed by atoms with Crippen LogP contribution in [-0.2, 0) is 6.54 Å². The van der Waals surface area contributed by atoms with Gasteiger partial charge in [-0.25, -0.2) is 4.39 Å². The van der Waals surface area contributed by atoms with Crippen molar-refractivity contribution in [2.24, 2.45) is 5.92 Å². The minimum absolute atomic E-state index is 0.183. The molecule has 0 fully saturated rings. The first kappa shape index (κ1) is 17.9. The first-order valence-electron chi connectivity index (χ1n) is 7.74. The second kappa shape index (κ2) is 8.35. The summed E-state index contributed by atoms with van der Waals surface area (Å²) in [7, 11) is 0. The lowest BCUT2D eigenvalue weighted by Crippen LogP contribution is -2.34. The normalized spacial score (nSPS) is 12.0. The van der Waals surface area contributed by atoms with Gasteiger partial charge in [-0.2, -0.15) is 0 Å². The van der Waals surface area contributed by atoms with Gasteiger partial charge in [-0.1, -0.05) is 27.7 Å². The first-order valence-corrected chi connectivity index (χ1v) is 7.74. The van der Waals surface area contributed by atoms with E-state index in [-0.39, 0.29) is 12.4 Å². The molecule has 2 N–H and O–H groups in total. The van der Waals surface area contributed by atoms with Crippen molar-refractivity contribution < 1.29 is 14.2 Å². The Labute approximate surface area is 127 Å². The van der Waals surface area contributed by atoms with Gasteiger partial charge in [0.25, 0.3) is 0 Å². The van der Waals surface area contributed by atoms with Crippen LogP contribution < -0.4 is 10.1 Å². The number of hydrogen-bond donors (Lipinski definition) is 2. The first-order chi connectivity index (χ1) is 9.88. The Balaban J connectivity index is 2.64. The second-order valence-corrected chi connectivity index (χ2v) is 6.04. The number of ether oxygens (including phenoxy) is 1. The molecule has 21 heavy (non-hydrogen) atoms. The number of benzene rings is 1. The fourth-order valence-corrected chi connectivity index (χ4v) is 1.98. The van der Waals surface area contributed by atoms with E-state index in [2.05, 4.69) is 19.2 Å². The van der Waals surface area contributed by atoms with Crippen molar-refractivity contribution >= 4 is 0 Å². The lowest BCUT2D eigenvalue weighted by Gasteiger charge is -2.25. The van der Waals surface area contributed by atoms with E-state index in [1.165, 1.54) is 12.1 Å². The maximum Gasteiger partial charge on any atom is 0.127 e. The molecule has 0 bridgehead atoms. The Morgan fingerprint density at radius 2 is 1.90 bits per heavy atom. The zero-order valence-corrected chi connectivity index (χ0v) is 13.6. The summed E-state index contributed by atoms with van der Waals surface area (Å²) < 4.78 is 19.2. The number of halogens is 1. The van der Waals surface area contributed by atoms with Gasteiger partial charge < -0.3 is 15.2 Å². The smallest absolute Gasteiger partial charge is 0.127 e. The van der Waals surface area contributed by atoms with Crippen LogP contribution in [0.25, 0.3) is 0 Å². The quantitative estimate of drug-likeness (QED) is 0.733. The van der Waals surface area contributed by atoms with E-state index < -0.39 is 5.60 Å². The predicted octanol–water partition coefficient (Wildman–Crippen LogP) is 3.50. The van der Waals surface area contributed by atoms with Gasteiger partial charge in [0.1, 0.15) is 18.2 Å². The largest absolute Gasteiger partial charge is 0.490 e. The summed E-state index contributed by atoms with van der Waals surface area (Å²) in [6, 6.07) is 4.69. The zero-order chi connectivity index (χ0) is 15.9. The highest BCUT2D eigenvalue weighted by atomic mass is 19.1. The third kappa shape index (κ3) is 6.44. The Morgan fingerprint density at radius 1 is 1.24 bits per heavy atom. The van der Waals surface area contributed by atoms with E-state index in [1.54, 1.807) is 0 Å². The van der Waals surface area contributed by atoms with Gasteiger partial charge in [0.15, 0.2) is 0 Å². The van der Waals surface area contributed by atoms with Crippen LogP contribution in [-0.4, -0.2) is 23.9 Å². The van der Waals surface area contributed by atoms with Crippen LogP contribution in [0.1, 0.15) is 46.1 Å². The maximum absolute atomic E-state index is 13.6. The van der Waals surface area contributed by atoms with Crippen molar-refractivity contribution in [1.82, 2.24) is 5.32 Å². The van der Waals surface area contributed by atoms with E-state index in [9.17, 15) is 9.50 Å². The van der Waals surface area contributed by atoms with Gasteiger partial charge >= 0.3 is 0 Å². The van der Waals surface area contributed by atoms with E-state index in [4.69, 9.17) is 4.74 Å². The molecule has 1 aromatic rings. The van der Waals surface area contributed by atoms with Crippen LogP contribution in [0.4, 0.5) is 4.39 Å². The monoisotopic (exact) mass is 297 g/mol. The van der Waals surface area contributed by atoms with Crippen molar-refractivity contribution in [1.29, 1.82) is 0 Å². The summed E-state index contributed by atoms with van der Waals surface area (Å²) in [5.74, 6) is 0.709. The van der Waals surface area contributed by atoms with E-state index >= 15 is 0 Å². The summed E-state index contributed by atoms with van der Waals surface area (Å²) in [5, 5.41) is 13.5. The standard InChI is InChI=1S/C17H28FNO2/c1-5-17(20,6-2)12-21-16-8-14(7-15(18)9-16)11-19-10-13(3)4/h7-9,13,19-20H,5-6,10-12H2,1-4H3. The summed E-state index contributed by atoms with van der Waals surface area (Å²) in [4.78, 5) is 0. The van der Waals surface area contributed by atoms with Gasteiger partial charge in [0.2, 0.25) is 0 Å². The maximum atomic E-state index is 13.6. The third-order valence-electron chi connectivity index (χ3n) is 3.64. The lowest BCUT2D eigenvalue weighted by molar-refractivity contribution is -0.0114. The Hall–Kier alpha value is -1.13. The molecule has 0 aliphatic carbocycles. The van der Waals surface area contributed by atoms with Gasteiger partial charge in [0.05, 0.1) is 5.60 Å². The topological polar surface area (TPSA) is 41.5 Å². The Bertz CT molecular complexity index is 431. The fraction of sp³-hybridized carbons (Fsp3) is 0.647. The van der Waals surface area contributed by atoms with Crippen LogP contribution in [0.2, 0.25) is 0 Å². The number of hydrogen-bond acceptors (Lipinski definition) is 3. The fourth-order valence-electron chi connectivity index (χ4n) is 1.98. The zero-order valence-electron chi connectivity index (χ0n) is 13.6. The van der Waals surface area contributed by atoms with Gasteiger partial charge in [-0.3, -0.25) is 0 Å². The summed E-state index contributed by atoms with van der Waals surface area (Å²) in [5.41, 5.74) is 0.00438. The van der Waals surface area contributed by atoms with Gasteiger partial charge in [-0.15, -0.1) is 0 Å². The van der Waals surface area contributed by atoms with Crippen molar-refractivity contribution in [3.05, 3.63) is 29.6 Å². The highest BCUT2D eigenvalue weighted by Gasteiger charge is 2.23. The highest BCUT2D eigenvalue weighted by Crippen LogP contribution is 2.20. The van der Waals surface area contributed by atoms with Crippen molar-refractivity contribution in [2.45, 2.75) is 52.7 Å². The van der Waals surface area contributed by atoms with E-state index in [0.29, 0.717) is 31.1 Å². The highest BCUT2D eigenvalue weighted by molar-refractivity contribution is 5.29. The molecule has 3 nitrogen and oxygen atoms in total. The molecule has 0 saturated heterocycles. The summed E-state index contributed by atoms with van der Waals surface area (Å²) in [6.45, 7) is 9.77. The molecule has 0 radical (unpaired) electrons. The summed E-state index contributed by atoms with van der Waals surface area (Å²) in [6.07, 6.45) is 1.23. The van der Waals surface area contributed by atoms with Crippen LogP contribution in [0.3, 0.4) is 0 Å². The molecule has 1 aromatic carbocycles.